The first-order valence-electron chi connectivity index (χ1n) is 7.31. The van der Waals surface area contributed by atoms with E-state index in [1.165, 1.54) is 12.4 Å². The maximum absolute atomic E-state index is 12.2. The number of hydrogen-bond donors (Lipinski definition) is 2. The van der Waals surface area contributed by atoms with Gasteiger partial charge >= 0.3 is 0 Å². The third kappa shape index (κ3) is 4.10. The number of anilines is 3. The molecule has 0 spiro atoms. The Morgan fingerprint density at radius 1 is 1.08 bits per heavy atom. The lowest BCUT2D eigenvalue weighted by Gasteiger charge is -2.08. The van der Waals surface area contributed by atoms with Crippen LogP contribution in [0.4, 0.5) is 17.3 Å². The Kier molecular flexibility index (Phi) is 4.88. The number of rotatable bonds is 4. The number of carbonyl (C=O) groups is 1. The van der Waals surface area contributed by atoms with Gasteiger partial charge in [0.1, 0.15) is 0 Å². The number of aromatic nitrogens is 2. The normalized spacial score (nSPS) is 9.92. The van der Waals surface area contributed by atoms with Gasteiger partial charge in [-0.25, -0.2) is 9.97 Å². The van der Waals surface area contributed by atoms with Crippen LogP contribution in [0, 0.1) is 11.3 Å². The van der Waals surface area contributed by atoms with Crippen LogP contribution < -0.4 is 10.6 Å². The zero-order valence-corrected chi connectivity index (χ0v) is 13.7. The molecule has 0 radical (unpaired) electrons. The van der Waals surface area contributed by atoms with Crippen molar-refractivity contribution in [2.45, 2.75) is 0 Å². The second-order valence-corrected chi connectivity index (χ2v) is 5.45. The van der Waals surface area contributed by atoms with Crippen LogP contribution in [0.25, 0.3) is 0 Å². The van der Waals surface area contributed by atoms with Gasteiger partial charge < -0.3 is 10.6 Å². The summed E-state index contributed by atoms with van der Waals surface area (Å²) >= 11 is 6.07. The highest BCUT2D eigenvalue weighted by Crippen LogP contribution is 2.23. The van der Waals surface area contributed by atoms with E-state index in [1.807, 2.05) is 18.2 Å². The first kappa shape index (κ1) is 16.4. The topological polar surface area (TPSA) is 90.7 Å². The molecule has 1 heterocycles. The maximum atomic E-state index is 12.2. The summed E-state index contributed by atoms with van der Waals surface area (Å²) in [6, 6.07) is 15.9. The number of benzene rings is 2. The molecule has 3 aromatic rings. The molecule has 3 rings (SSSR count). The van der Waals surface area contributed by atoms with E-state index in [0.717, 1.165) is 0 Å². The molecule has 6 nitrogen and oxygen atoms in total. The fourth-order valence-corrected chi connectivity index (χ4v) is 2.25. The van der Waals surface area contributed by atoms with Gasteiger partial charge in [0.2, 0.25) is 5.95 Å². The third-order valence-corrected chi connectivity index (χ3v) is 3.61. The van der Waals surface area contributed by atoms with Crippen molar-refractivity contribution in [3.63, 3.8) is 0 Å². The molecule has 2 aromatic carbocycles. The first-order valence-corrected chi connectivity index (χ1v) is 7.68. The van der Waals surface area contributed by atoms with Gasteiger partial charge in [0.05, 0.1) is 27.9 Å². The van der Waals surface area contributed by atoms with Crippen molar-refractivity contribution in [1.82, 2.24) is 9.97 Å². The number of amides is 1. The van der Waals surface area contributed by atoms with Crippen LogP contribution in [0.15, 0.2) is 60.9 Å². The fourth-order valence-electron chi connectivity index (χ4n) is 2.06. The summed E-state index contributed by atoms with van der Waals surface area (Å²) in [4.78, 5) is 20.5. The smallest absolute Gasteiger partial charge is 0.258 e. The van der Waals surface area contributed by atoms with E-state index in [0.29, 0.717) is 33.5 Å². The number of halogens is 1. The van der Waals surface area contributed by atoms with E-state index in [-0.39, 0.29) is 5.91 Å². The van der Waals surface area contributed by atoms with E-state index in [4.69, 9.17) is 16.9 Å². The van der Waals surface area contributed by atoms with E-state index >= 15 is 0 Å². The van der Waals surface area contributed by atoms with Crippen LogP contribution >= 0.6 is 11.6 Å². The largest absolute Gasteiger partial charge is 0.323 e. The zero-order valence-electron chi connectivity index (χ0n) is 12.9. The molecular weight excluding hydrogens is 338 g/mol. The number of carbonyl (C=O) groups excluding carboxylic acids is 1. The Labute approximate surface area is 149 Å². The predicted molar refractivity (Wildman–Crippen MR) is 95.9 cm³/mol. The van der Waals surface area contributed by atoms with Gasteiger partial charge in [0.25, 0.3) is 5.91 Å². The molecule has 0 fully saturated rings. The second-order valence-electron chi connectivity index (χ2n) is 5.05. The van der Waals surface area contributed by atoms with Crippen molar-refractivity contribution in [3.05, 3.63) is 77.1 Å². The molecule has 0 aliphatic heterocycles. The Morgan fingerprint density at radius 2 is 1.84 bits per heavy atom. The maximum Gasteiger partial charge on any atom is 0.258 e. The highest BCUT2D eigenvalue weighted by Gasteiger charge is 2.09. The average molecular weight is 350 g/mol. The number of para-hydroxylation sites is 1. The highest BCUT2D eigenvalue weighted by atomic mass is 35.5. The van der Waals surface area contributed by atoms with Crippen molar-refractivity contribution in [1.29, 1.82) is 5.26 Å². The molecule has 0 unspecified atom stereocenters. The molecule has 1 amide bonds. The molecule has 122 valence electrons. The van der Waals surface area contributed by atoms with Crippen LogP contribution in [0.1, 0.15) is 15.9 Å². The minimum absolute atomic E-state index is 0.298. The minimum atomic E-state index is -0.362. The van der Waals surface area contributed by atoms with Crippen LogP contribution in [0.2, 0.25) is 5.02 Å². The minimum Gasteiger partial charge on any atom is -0.323 e. The lowest BCUT2D eigenvalue weighted by atomic mass is 10.2. The van der Waals surface area contributed by atoms with Gasteiger partial charge in [0, 0.05) is 18.1 Å². The summed E-state index contributed by atoms with van der Waals surface area (Å²) in [5.41, 5.74) is 1.97. The Balaban J connectivity index is 1.70. The second kappa shape index (κ2) is 7.43. The van der Waals surface area contributed by atoms with Crippen LogP contribution in [0.5, 0.6) is 0 Å². The molecule has 0 saturated heterocycles. The van der Waals surface area contributed by atoms with Crippen LogP contribution in [-0.2, 0) is 0 Å². The van der Waals surface area contributed by atoms with Crippen molar-refractivity contribution >= 4 is 34.8 Å². The molecule has 0 saturated carbocycles. The van der Waals surface area contributed by atoms with Gasteiger partial charge in [-0.3, -0.25) is 4.79 Å². The molecule has 7 heteroatoms. The molecule has 25 heavy (non-hydrogen) atoms. The number of nitrogens with zero attached hydrogens (tertiary/aromatic N) is 3. The number of nitrogens with one attached hydrogen (secondary N) is 2. The molecule has 0 bridgehead atoms. The van der Waals surface area contributed by atoms with Gasteiger partial charge in [-0.05, 0) is 30.3 Å². The zero-order chi connectivity index (χ0) is 17.6. The molecule has 0 atom stereocenters. The number of nitriles is 1. The monoisotopic (exact) mass is 349 g/mol. The Hall–Kier alpha value is -3.43. The number of hydrogen-bond acceptors (Lipinski definition) is 5. The quantitative estimate of drug-likeness (QED) is 0.743. The van der Waals surface area contributed by atoms with Crippen molar-refractivity contribution in [2.24, 2.45) is 0 Å². The fraction of sp³-hybridized carbons (Fsp3) is 0. The van der Waals surface area contributed by atoms with Gasteiger partial charge in [-0.2, -0.15) is 5.26 Å². The van der Waals surface area contributed by atoms with Crippen LogP contribution in [0.3, 0.4) is 0 Å². The predicted octanol–water partition coefficient (Wildman–Crippen LogP) is 4.00. The molecule has 2 N–H and O–H groups in total. The van der Waals surface area contributed by atoms with E-state index in [1.54, 1.807) is 36.4 Å². The Morgan fingerprint density at radius 3 is 2.56 bits per heavy atom. The average Bonchev–Trinajstić information content (AvgIpc) is 2.64. The summed E-state index contributed by atoms with van der Waals surface area (Å²) in [5.74, 6) is -0.0319. The third-order valence-electron chi connectivity index (χ3n) is 3.28. The van der Waals surface area contributed by atoms with Gasteiger partial charge in [-0.1, -0.05) is 29.8 Å². The molecule has 1 aromatic heterocycles. The highest BCUT2D eigenvalue weighted by molar-refractivity contribution is 6.33. The van der Waals surface area contributed by atoms with Crippen LogP contribution in [-0.4, -0.2) is 15.9 Å². The van der Waals surface area contributed by atoms with Crippen molar-refractivity contribution in [2.75, 3.05) is 10.6 Å². The molecular formula is C18H12ClN5O. The SMILES string of the molecule is N#Cc1cccc(NC(=O)c2cnc(Nc3ccccc3Cl)nc2)c1. The summed E-state index contributed by atoms with van der Waals surface area (Å²) in [6.45, 7) is 0. The lowest BCUT2D eigenvalue weighted by Crippen LogP contribution is -2.13. The lowest BCUT2D eigenvalue weighted by molar-refractivity contribution is 0.102. The van der Waals surface area contributed by atoms with E-state index in [9.17, 15) is 4.79 Å². The molecule has 0 aliphatic rings. The van der Waals surface area contributed by atoms with Gasteiger partial charge in [0.15, 0.2) is 0 Å². The first-order chi connectivity index (χ1) is 12.2. The van der Waals surface area contributed by atoms with E-state index < -0.39 is 0 Å². The van der Waals surface area contributed by atoms with Gasteiger partial charge in [-0.15, -0.1) is 0 Å². The molecule has 0 aliphatic carbocycles. The van der Waals surface area contributed by atoms with Crippen molar-refractivity contribution in [3.8, 4) is 6.07 Å². The Bertz CT molecular complexity index is 950. The van der Waals surface area contributed by atoms with Crippen molar-refractivity contribution < 1.29 is 4.79 Å². The van der Waals surface area contributed by atoms with E-state index in [2.05, 4.69) is 20.6 Å². The summed E-state index contributed by atoms with van der Waals surface area (Å²) < 4.78 is 0. The summed E-state index contributed by atoms with van der Waals surface area (Å²) in [5, 5.41) is 15.1. The summed E-state index contributed by atoms with van der Waals surface area (Å²) in [6.07, 6.45) is 2.82. The summed E-state index contributed by atoms with van der Waals surface area (Å²) in [7, 11) is 0. The standard InChI is InChI=1S/C18H12ClN5O/c19-15-6-1-2-7-16(15)24-18-21-10-13(11-22-18)17(25)23-14-5-3-4-12(8-14)9-20/h1-8,10-11H,(H,23,25)(H,21,22,24).